The van der Waals surface area contributed by atoms with E-state index >= 15 is 0 Å². The van der Waals surface area contributed by atoms with Crippen molar-refractivity contribution in [3.8, 4) is 0 Å². The average molecular weight is 314 g/mol. The van der Waals surface area contributed by atoms with E-state index in [0.717, 1.165) is 14.6 Å². The zero-order chi connectivity index (χ0) is 12.4. The Morgan fingerprint density at radius 3 is 3.00 bits per heavy atom. The highest BCUT2D eigenvalue weighted by atomic mass is 79.9. The van der Waals surface area contributed by atoms with Crippen LogP contribution in [0.4, 0.5) is 0 Å². The van der Waals surface area contributed by atoms with Gasteiger partial charge in [0.25, 0.3) is 5.91 Å². The van der Waals surface area contributed by atoms with Crippen LogP contribution in [-0.4, -0.2) is 19.7 Å². The minimum atomic E-state index is -0.105. The van der Waals surface area contributed by atoms with Gasteiger partial charge in [-0.25, -0.2) is 0 Å². The van der Waals surface area contributed by atoms with Crippen molar-refractivity contribution in [3.63, 3.8) is 0 Å². The summed E-state index contributed by atoms with van der Waals surface area (Å²) < 4.78 is 6.91. The highest BCUT2D eigenvalue weighted by Crippen LogP contribution is 2.36. The molecule has 0 saturated heterocycles. The predicted octanol–water partition coefficient (Wildman–Crippen LogP) is 3.31. The number of hydrogen-bond acceptors (Lipinski definition) is 3. The summed E-state index contributed by atoms with van der Waals surface area (Å²) in [5.41, 5.74) is 0.693. The molecule has 1 aromatic heterocycles. The molecule has 0 saturated carbocycles. The molecule has 0 aliphatic carbocycles. The van der Waals surface area contributed by atoms with E-state index < -0.39 is 0 Å². The second-order valence-corrected chi connectivity index (χ2v) is 5.61. The number of fused-ring (bicyclic) bond motifs is 1. The first-order valence-electron chi connectivity index (χ1n) is 5.10. The fourth-order valence-electron chi connectivity index (χ4n) is 1.62. The fraction of sp³-hybridized carbons (Fsp3) is 0.250. The molecule has 17 heavy (non-hydrogen) atoms. The van der Waals surface area contributed by atoms with Crippen LogP contribution in [0.3, 0.4) is 0 Å². The number of hydrogen-bond donors (Lipinski definition) is 1. The van der Waals surface area contributed by atoms with E-state index in [-0.39, 0.29) is 12.6 Å². The third-order valence-corrected chi connectivity index (χ3v) is 4.88. The molecule has 1 heterocycles. The van der Waals surface area contributed by atoms with Crippen molar-refractivity contribution in [2.24, 2.45) is 0 Å². The monoisotopic (exact) mass is 313 g/mol. The normalized spacial score (nSPS) is 10.8. The maximum atomic E-state index is 11.9. The maximum Gasteiger partial charge on any atom is 0.254 e. The average Bonchev–Trinajstić information content (AvgIpc) is 2.62. The molecule has 0 unspecified atom stereocenters. The summed E-state index contributed by atoms with van der Waals surface area (Å²) in [6, 6.07) is 5.73. The molecule has 5 heteroatoms. The predicted molar refractivity (Wildman–Crippen MR) is 73.6 cm³/mol. The highest BCUT2D eigenvalue weighted by molar-refractivity contribution is 9.10. The van der Waals surface area contributed by atoms with Gasteiger partial charge in [-0.1, -0.05) is 12.1 Å². The Labute approximate surface area is 112 Å². The minimum Gasteiger partial charge on any atom is -0.364 e. The van der Waals surface area contributed by atoms with Crippen LogP contribution < -0.4 is 5.32 Å². The first kappa shape index (κ1) is 12.5. The molecule has 0 spiro atoms. The van der Waals surface area contributed by atoms with Crippen LogP contribution in [0, 0.1) is 6.92 Å². The lowest BCUT2D eigenvalue weighted by molar-refractivity contribution is 0.0874. The largest absolute Gasteiger partial charge is 0.364 e. The van der Waals surface area contributed by atoms with Gasteiger partial charge in [-0.05, 0) is 28.9 Å². The minimum absolute atomic E-state index is 0.105. The zero-order valence-corrected chi connectivity index (χ0v) is 11.9. The standard InChI is InChI=1S/C12H12BrNO2S/c1-7-10(13)8-4-3-5-9(11(8)17-7)12(15)14-6-16-2/h3-5H,6H2,1-2H3,(H,14,15). The summed E-state index contributed by atoms with van der Waals surface area (Å²) in [5, 5.41) is 3.78. The Bertz CT molecular complexity index is 565. The van der Waals surface area contributed by atoms with Crippen molar-refractivity contribution in [2.75, 3.05) is 13.8 Å². The number of amides is 1. The number of carbonyl (C=O) groups excluding carboxylic acids is 1. The smallest absolute Gasteiger partial charge is 0.254 e. The summed E-state index contributed by atoms with van der Waals surface area (Å²) in [4.78, 5) is 13.1. The van der Waals surface area contributed by atoms with Gasteiger partial charge < -0.3 is 10.1 Å². The van der Waals surface area contributed by atoms with E-state index in [0.29, 0.717) is 5.56 Å². The lowest BCUT2D eigenvalue weighted by Gasteiger charge is -2.04. The SMILES string of the molecule is COCNC(=O)c1cccc2c(Br)c(C)sc12. The second kappa shape index (κ2) is 5.16. The van der Waals surface area contributed by atoms with Gasteiger partial charge in [0.2, 0.25) is 0 Å². The zero-order valence-electron chi connectivity index (χ0n) is 9.54. The summed E-state index contributed by atoms with van der Waals surface area (Å²) >= 11 is 5.16. The van der Waals surface area contributed by atoms with Crippen LogP contribution in [0.15, 0.2) is 22.7 Å². The van der Waals surface area contributed by atoms with Crippen LogP contribution in [0.1, 0.15) is 15.2 Å². The molecular formula is C12H12BrNO2S. The second-order valence-electron chi connectivity index (χ2n) is 3.59. The van der Waals surface area contributed by atoms with E-state index in [2.05, 4.69) is 21.2 Å². The van der Waals surface area contributed by atoms with Gasteiger partial charge in [0.1, 0.15) is 6.73 Å². The maximum absolute atomic E-state index is 11.9. The molecule has 2 rings (SSSR count). The van der Waals surface area contributed by atoms with Crippen molar-refractivity contribution >= 4 is 43.3 Å². The first-order valence-corrected chi connectivity index (χ1v) is 6.71. The highest BCUT2D eigenvalue weighted by Gasteiger charge is 2.14. The van der Waals surface area contributed by atoms with Crippen molar-refractivity contribution < 1.29 is 9.53 Å². The Morgan fingerprint density at radius 1 is 1.53 bits per heavy atom. The molecule has 2 aromatic rings. The summed E-state index contributed by atoms with van der Waals surface area (Å²) in [6.07, 6.45) is 0. The van der Waals surface area contributed by atoms with E-state index in [1.165, 1.54) is 4.88 Å². The molecule has 0 atom stereocenters. The number of ether oxygens (including phenoxy) is 1. The summed E-state index contributed by atoms with van der Waals surface area (Å²) in [5.74, 6) is -0.105. The Balaban J connectivity index is 2.47. The number of methoxy groups -OCH3 is 1. The van der Waals surface area contributed by atoms with Gasteiger partial charge in [0.15, 0.2) is 0 Å². The summed E-state index contributed by atoms with van der Waals surface area (Å²) in [6.45, 7) is 2.26. The van der Waals surface area contributed by atoms with Crippen LogP contribution in [0.25, 0.3) is 10.1 Å². The topological polar surface area (TPSA) is 38.3 Å². The fourth-order valence-corrected chi connectivity index (χ4v) is 3.38. The first-order chi connectivity index (χ1) is 8.15. The molecule has 1 N–H and O–H groups in total. The van der Waals surface area contributed by atoms with Crippen LogP contribution in [-0.2, 0) is 4.74 Å². The van der Waals surface area contributed by atoms with E-state index in [4.69, 9.17) is 4.74 Å². The van der Waals surface area contributed by atoms with Crippen LogP contribution in [0.5, 0.6) is 0 Å². The van der Waals surface area contributed by atoms with Crippen LogP contribution >= 0.6 is 27.3 Å². The third-order valence-electron chi connectivity index (χ3n) is 2.44. The van der Waals surface area contributed by atoms with Gasteiger partial charge >= 0.3 is 0 Å². The molecule has 90 valence electrons. The number of thiophene rings is 1. The van der Waals surface area contributed by atoms with E-state index in [1.54, 1.807) is 18.4 Å². The molecule has 1 aromatic carbocycles. The van der Waals surface area contributed by atoms with Gasteiger partial charge in [-0.15, -0.1) is 11.3 Å². The molecular weight excluding hydrogens is 302 g/mol. The van der Waals surface area contributed by atoms with Crippen LogP contribution in [0.2, 0.25) is 0 Å². The number of carbonyl (C=O) groups is 1. The number of benzene rings is 1. The van der Waals surface area contributed by atoms with E-state index in [1.807, 2.05) is 25.1 Å². The van der Waals surface area contributed by atoms with Gasteiger partial charge in [0, 0.05) is 26.5 Å². The van der Waals surface area contributed by atoms with E-state index in [9.17, 15) is 4.79 Å². The third kappa shape index (κ3) is 2.36. The Hall–Kier alpha value is -0.910. The Kier molecular flexibility index (Phi) is 3.81. The van der Waals surface area contributed by atoms with Crippen molar-refractivity contribution in [1.29, 1.82) is 0 Å². The molecule has 0 aliphatic rings. The van der Waals surface area contributed by atoms with Gasteiger partial charge in [-0.3, -0.25) is 4.79 Å². The van der Waals surface area contributed by atoms with Gasteiger partial charge in [-0.2, -0.15) is 0 Å². The molecule has 0 fully saturated rings. The molecule has 0 bridgehead atoms. The lowest BCUT2D eigenvalue weighted by atomic mass is 10.1. The van der Waals surface area contributed by atoms with Crippen molar-refractivity contribution in [2.45, 2.75) is 6.92 Å². The quantitative estimate of drug-likeness (QED) is 0.883. The number of nitrogens with one attached hydrogen (secondary N) is 1. The number of halogens is 1. The molecule has 3 nitrogen and oxygen atoms in total. The number of aryl methyl sites for hydroxylation is 1. The molecule has 1 amide bonds. The molecule has 0 aliphatic heterocycles. The van der Waals surface area contributed by atoms with Crippen molar-refractivity contribution in [3.05, 3.63) is 33.1 Å². The van der Waals surface area contributed by atoms with Gasteiger partial charge in [0.05, 0.1) is 5.56 Å². The van der Waals surface area contributed by atoms with Crippen molar-refractivity contribution in [1.82, 2.24) is 5.32 Å². The summed E-state index contributed by atoms with van der Waals surface area (Å²) in [7, 11) is 1.55. The lowest BCUT2D eigenvalue weighted by Crippen LogP contribution is -2.25. The molecule has 0 radical (unpaired) electrons. The number of rotatable bonds is 3. The Morgan fingerprint density at radius 2 is 2.29 bits per heavy atom.